The summed E-state index contributed by atoms with van der Waals surface area (Å²) in [6, 6.07) is 11.1. The summed E-state index contributed by atoms with van der Waals surface area (Å²) in [7, 11) is 0. The van der Waals surface area contributed by atoms with Crippen molar-refractivity contribution in [2.75, 3.05) is 5.73 Å². The predicted molar refractivity (Wildman–Crippen MR) is 71.9 cm³/mol. The quantitative estimate of drug-likeness (QED) is 0.802. The minimum absolute atomic E-state index is 0.642. The Balaban J connectivity index is 2.30. The van der Waals surface area contributed by atoms with Gasteiger partial charge in [-0.25, -0.2) is 0 Å². The number of hydrogen-bond acceptors (Lipinski definition) is 2. The van der Waals surface area contributed by atoms with Crippen molar-refractivity contribution < 1.29 is 4.74 Å². The minimum atomic E-state index is 0.642. The lowest BCUT2D eigenvalue weighted by molar-refractivity contribution is 0.484. The lowest BCUT2D eigenvalue weighted by atomic mass is 10.1. The zero-order valence-electron chi connectivity index (χ0n) is 9.83. The smallest absolute Gasteiger partial charge is 0.150 e. The summed E-state index contributed by atoms with van der Waals surface area (Å²) >= 11 is 5.81. The molecule has 3 heteroatoms. The molecule has 0 atom stereocenters. The summed E-state index contributed by atoms with van der Waals surface area (Å²) < 4.78 is 5.72. The van der Waals surface area contributed by atoms with Crippen LogP contribution in [-0.2, 0) is 0 Å². The lowest BCUT2D eigenvalue weighted by Crippen LogP contribution is -1.94. The van der Waals surface area contributed by atoms with Crippen molar-refractivity contribution in [2.45, 2.75) is 13.8 Å². The number of anilines is 1. The summed E-state index contributed by atoms with van der Waals surface area (Å²) in [4.78, 5) is 0. The van der Waals surface area contributed by atoms with E-state index in [1.54, 1.807) is 12.1 Å². The van der Waals surface area contributed by atoms with Crippen molar-refractivity contribution in [3.05, 3.63) is 52.5 Å². The molecule has 0 aliphatic rings. The zero-order valence-corrected chi connectivity index (χ0v) is 10.6. The molecule has 0 aliphatic carbocycles. The Kier molecular flexibility index (Phi) is 3.25. The number of aryl methyl sites for hydroxylation is 2. The largest absolute Gasteiger partial charge is 0.455 e. The third-order valence-corrected chi connectivity index (χ3v) is 2.92. The first kappa shape index (κ1) is 11.8. The second kappa shape index (κ2) is 4.68. The molecule has 0 saturated heterocycles. The average Bonchev–Trinajstić information content (AvgIpc) is 2.29. The van der Waals surface area contributed by atoms with E-state index in [9.17, 15) is 0 Å². The summed E-state index contributed by atoms with van der Waals surface area (Å²) in [6.07, 6.45) is 0. The minimum Gasteiger partial charge on any atom is -0.455 e. The molecule has 2 rings (SSSR count). The standard InChI is InChI=1S/C14H14ClNO/c1-9-7-13(16)14(8-10(9)2)17-12-5-3-11(15)4-6-12/h3-8H,16H2,1-2H3. The van der Waals surface area contributed by atoms with Crippen LogP contribution in [0.15, 0.2) is 36.4 Å². The summed E-state index contributed by atoms with van der Waals surface area (Å²) in [6.45, 7) is 4.06. The number of ether oxygens (including phenoxy) is 1. The molecule has 2 N–H and O–H groups in total. The number of benzene rings is 2. The van der Waals surface area contributed by atoms with E-state index in [1.807, 2.05) is 38.1 Å². The summed E-state index contributed by atoms with van der Waals surface area (Å²) in [5.41, 5.74) is 8.87. The van der Waals surface area contributed by atoms with Gasteiger partial charge in [0.25, 0.3) is 0 Å². The van der Waals surface area contributed by atoms with Gasteiger partial charge in [-0.1, -0.05) is 11.6 Å². The van der Waals surface area contributed by atoms with Gasteiger partial charge < -0.3 is 10.5 Å². The Bertz CT molecular complexity index is 535. The Morgan fingerprint density at radius 1 is 1.00 bits per heavy atom. The van der Waals surface area contributed by atoms with E-state index in [0.717, 1.165) is 16.9 Å². The molecule has 17 heavy (non-hydrogen) atoms. The molecule has 0 heterocycles. The highest BCUT2D eigenvalue weighted by Crippen LogP contribution is 2.30. The van der Waals surface area contributed by atoms with Crippen molar-refractivity contribution >= 4 is 17.3 Å². The van der Waals surface area contributed by atoms with E-state index < -0.39 is 0 Å². The molecule has 0 amide bonds. The Hall–Kier alpha value is -1.67. The predicted octanol–water partition coefficient (Wildman–Crippen LogP) is 4.33. The summed E-state index contributed by atoms with van der Waals surface area (Å²) in [5, 5.41) is 0.686. The maximum atomic E-state index is 5.92. The second-order valence-corrected chi connectivity index (χ2v) is 4.47. The van der Waals surface area contributed by atoms with Crippen molar-refractivity contribution in [3.8, 4) is 11.5 Å². The van der Waals surface area contributed by atoms with Crippen LogP contribution in [0, 0.1) is 13.8 Å². The number of rotatable bonds is 2. The average molecular weight is 248 g/mol. The van der Waals surface area contributed by atoms with Crippen LogP contribution < -0.4 is 10.5 Å². The molecule has 0 aromatic heterocycles. The van der Waals surface area contributed by atoms with Crippen LogP contribution in [0.2, 0.25) is 5.02 Å². The van der Waals surface area contributed by atoms with Gasteiger partial charge in [0, 0.05) is 5.02 Å². The molecule has 2 aromatic carbocycles. The van der Waals surface area contributed by atoms with Gasteiger partial charge in [0.1, 0.15) is 5.75 Å². The molecule has 0 unspecified atom stereocenters. The van der Waals surface area contributed by atoms with Crippen molar-refractivity contribution in [2.24, 2.45) is 0 Å². The molecule has 0 spiro atoms. The highest BCUT2D eigenvalue weighted by atomic mass is 35.5. The van der Waals surface area contributed by atoms with E-state index in [0.29, 0.717) is 16.5 Å². The molecule has 0 fully saturated rings. The number of nitrogen functional groups attached to an aromatic ring is 1. The number of hydrogen-bond donors (Lipinski definition) is 1. The van der Waals surface area contributed by atoms with Crippen molar-refractivity contribution in [3.63, 3.8) is 0 Å². The van der Waals surface area contributed by atoms with Crippen LogP contribution in [0.5, 0.6) is 11.5 Å². The van der Waals surface area contributed by atoms with Gasteiger partial charge in [0.05, 0.1) is 5.69 Å². The fourth-order valence-electron chi connectivity index (χ4n) is 1.53. The number of halogens is 1. The molecule has 88 valence electrons. The van der Waals surface area contributed by atoms with Gasteiger partial charge in [-0.15, -0.1) is 0 Å². The second-order valence-electron chi connectivity index (χ2n) is 4.03. The number of nitrogens with two attached hydrogens (primary N) is 1. The first-order chi connectivity index (χ1) is 8.06. The molecular weight excluding hydrogens is 234 g/mol. The third-order valence-electron chi connectivity index (χ3n) is 2.67. The van der Waals surface area contributed by atoms with Crippen LogP contribution in [0.25, 0.3) is 0 Å². The van der Waals surface area contributed by atoms with Crippen LogP contribution in [0.1, 0.15) is 11.1 Å². The topological polar surface area (TPSA) is 35.2 Å². The Labute approximate surface area is 106 Å². The molecule has 0 bridgehead atoms. The zero-order chi connectivity index (χ0) is 12.4. The van der Waals surface area contributed by atoms with E-state index in [2.05, 4.69) is 0 Å². The van der Waals surface area contributed by atoms with Gasteiger partial charge in [-0.2, -0.15) is 0 Å². The highest BCUT2D eigenvalue weighted by Gasteiger charge is 2.05. The molecule has 2 aromatic rings. The van der Waals surface area contributed by atoms with Crippen molar-refractivity contribution in [1.82, 2.24) is 0 Å². The molecule has 0 radical (unpaired) electrons. The summed E-state index contributed by atoms with van der Waals surface area (Å²) in [5.74, 6) is 1.40. The van der Waals surface area contributed by atoms with Gasteiger partial charge in [0.15, 0.2) is 5.75 Å². The molecular formula is C14H14ClNO. The van der Waals surface area contributed by atoms with Gasteiger partial charge >= 0.3 is 0 Å². The first-order valence-corrected chi connectivity index (χ1v) is 5.74. The van der Waals surface area contributed by atoms with E-state index in [1.165, 1.54) is 0 Å². The third kappa shape index (κ3) is 2.71. The fraction of sp³-hybridized carbons (Fsp3) is 0.143. The monoisotopic (exact) mass is 247 g/mol. The van der Waals surface area contributed by atoms with Gasteiger partial charge in [-0.05, 0) is 61.4 Å². The van der Waals surface area contributed by atoms with Crippen LogP contribution in [0.4, 0.5) is 5.69 Å². The molecule has 2 nitrogen and oxygen atoms in total. The van der Waals surface area contributed by atoms with Crippen molar-refractivity contribution in [1.29, 1.82) is 0 Å². The van der Waals surface area contributed by atoms with E-state index >= 15 is 0 Å². The lowest BCUT2D eigenvalue weighted by Gasteiger charge is -2.11. The van der Waals surface area contributed by atoms with Crippen LogP contribution in [-0.4, -0.2) is 0 Å². The molecule has 0 saturated carbocycles. The van der Waals surface area contributed by atoms with Crippen LogP contribution >= 0.6 is 11.6 Å². The maximum absolute atomic E-state index is 5.92. The van der Waals surface area contributed by atoms with E-state index in [4.69, 9.17) is 22.1 Å². The van der Waals surface area contributed by atoms with Gasteiger partial charge in [-0.3, -0.25) is 0 Å². The normalized spacial score (nSPS) is 10.3. The van der Waals surface area contributed by atoms with Crippen LogP contribution in [0.3, 0.4) is 0 Å². The Morgan fingerprint density at radius 2 is 1.59 bits per heavy atom. The SMILES string of the molecule is Cc1cc(N)c(Oc2ccc(Cl)cc2)cc1C. The fourth-order valence-corrected chi connectivity index (χ4v) is 1.66. The first-order valence-electron chi connectivity index (χ1n) is 5.36. The Morgan fingerprint density at radius 3 is 2.24 bits per heavy atom. The van der Waals surface area contributed by atoms with E-state index in [-0.39, 0.29) is 0 Å². The highest BCUT2D eigenvalue weighted by molar-refractivity contribution is 6.30. The van der Waals surface area contributed by atoms with Gasteiger partial charge in [0.2, 0.25) is 0 Å². The maximum Gasteiger partial charge on any atom is 0.150 e. The molecule has 0 aliphatic heterocycles.